The van der Waals surface area contributed by atoms with Crippen LogP contribution in [0.25, 0.3) is 0 Å². The molecule has 20 heavy (non-hydrogen) atoms. The van der Waals surface area contributed by atoms with Gasteiger partial charge in [0.05, 0.1) is 21.2 Å². The lowest BCUT2D eigenvalue weighted by Gasteiger charge is -2.10. The quantitative estimate of drug-likeness (QED) is 0.837. The van der Waals surface area contributed by atoms with Crippen molar-refractivity contribution in [1.29, 1.82) is 0 Å². The van der Waals surface area contributed by atoms with Gasteiger partial charge in [-0.1, -0.05) is 18.2 Å². The van der Waals surface area contributed by atoms with Gasteiger partial charge in [0.2, 0.25) is 0 Å². The van der Waals surface area contributed by atoms with E-state index in [4.69, 9.17) is 0 Å². The van der Waals surface area contributed by atoms with E-state index in [1.54, 1.807) is 18.2 Å². The molecule has 0 saturated heterocycles. The highest BCUT2D eigenvalue weighted by molar-refractivity contribution is 7.96. The van der Waals surface area contributed by atoms with Crippen LogP contribution >= 0.6 is 0 Å². The molecule has 1 unspecified atom stereocenters. The predicted molar refractivity (Wildman–Crippen MR) is 72.7 cm³/mol. The summed E-state index contributed by atoms with van der Waals surface area (Å²) in [6, 6.07) is 10.7. The molecule has 0 radical (unpaired) electrons. The van der Waals surface area contributed by atoms with Crippen molar-refractivity contribution in [2.45, 2.75) is 15.0 Å². The molecule has 0 saturated carbocycles. The lowest BCUT2D eigenvalue weighted by atomic mass is 10.3. The second kappa shape index (κ2) is 4.39. The molecule has 1 aromatic carbocycles. The Morgan fingerprint density at radius 2 is 1.75 bits per heavy atom. The van der Waals surface area contributed by atoms with Crippen LogP contribution in [-0.4, -0.2) is 27.6 Å². The molecule has 1 aromatic heterocycles. The fraction of sp³-hybridized carbons (Fsp3) is 0.154. The molecule has 0 spiro atoms. The van der Waals surface area contributed by atoms with Crippen molar-refractivity contribution in [3.8, 4) is 0 Å². The fourth-order valence-electron chi connectivity index (χ4n) is 2.29. The number of sulfone groups is 2. The largest absolute Gasteiger partial charge is 0.259 e. The number of hydrogen-bond acceptors (Lipinski definition) is 5. The van der Waals surface area contributed by atoms with Crippen LogP contribution in [-0.2, 0) is 19.7 Å². The van der Waals surface area contributed by atoms with Crippen LogP contribution < -0.4 is 0 Å². The third-order valence-corrected chi connectivity index (χ3v) is 7.32. The van der Waals surface area contributed by atoms with Crippen molar-refractivity contribution in [2.75, 3.05) is 5.75 Å². The van der Waals surface area contributed by atoms with E-state index in [0.717, 1.165) is 0 Å². The van der Waals surface area contributed by atoms with Crippen LogP contribution in [0.2, 0.25) is 0 Å². The number of fused-ring (bicyclic) bond motifs is 1. The van der Waals surface area contributed by atoms with Gasteiger partial charge in [-0.15, -0.1) is 0 Å². The van der Waals surface area contributed by atoms with Crippen molar-refractivity contribution in [3.63, 3.8) is 0 Å². The molecule has 1 aliphatic heterocycles. The van der Waals surface area contributed by atoms with Gasteiger partial charge in [0, 0.05) is 6.20 Å². The molecule has 1 atom stereocenters. The first kappa shape index (κ1) is 13.3. The molecule has 2 aromatic rings. The summed E-state index contributed by atoms with van der Waals surface area (Å²) in [6.07, 6.45) is 1.41. The third kappa shape index (κ3) is 1.94. The lowest BCUT2D eigenvalue weighted by Crippen LogP contribution is -2.16. The normalized spacial score (nSPS) is 20.5. The van der Waals surface area contributed by atoms with Gasteiger partial charge in [0.15, 0.2) is 19.7 Å². The molecule has 1 aliphatic rings. The Bertz CT molecular complexity index is 858. The number of benzene rings is 1. The highest BCUT2D eigenvalue weighted by Crippen LogP contribution is 2.39. The summed E-state index contributed by atoms with van der Waals surface area (Å²) >= 11 is 0. The molecule has 0 bridgehead atoms. The molecular formula is C13H11NO4S2. The van der Waals surface area contributed by atoms with E-state index in [1.165, 1.54) is 30.5 Å². The zero-order chi connectivity index (χ0) is 14.4. The van der Waals surface area contributed by atoms with Crippen LogP contribution in [0.4, 0.5) is 0 Å². The van der Waals surface area contributed by atoms with Crippen molar-refractivity contribution in [3.05, 3.63) is 54.4 Å². The Hall–Kier alpha value is -1.73. The van der Waals surface area contributed by atoms with Crippen molar-refractivity contribution in [1.82, 2.24) is 4.98 Å². The number of hydrogen-bond donors (Lipinski definition) is 0. The zero-order valence-corrected chi connectivity index (χ0v) is 11.9. The summed E-state index contributed by atoms with van der Waals surface area (Å²) in [5.74, 6) is -0.448. The van der Waals surface area contributed by atoms with Crippen molar-refractivity contribution in [2.24, 2.45) is 0 Å². The van der Waals surface area contributed by atoms with E-state index in [-0.39, 0.29) is 15.5 Å². The maximum absolute atomic E-state index is 12.6. The van der Waals surface area contributed by atoms with Gasteiger partial charge in [-0.3, -0.25) is 4.98 Å². The molecule has 3 rings (SSSR count). The summed E-state index contributed by atoms with van der Waals surface area (Å²) in [6.45, 7) is 0. The smallest absolute Gasteiger partial charge is 0.187 e. The summed E-state index contributed by atoms with van der Waals surface area (Å²) in [5, 5.41) is -1.13. The van der Waals surface area contributed by atoms with Crippen molar-refractivity contribution >= 4 is 19.7 Å². The lowest BCUT2D eigenvalue weighted by molar-refractivity contribution is 0.581. The predicted octanol–water partition coefficient (Wildman–Crippen LogP) is 1.38. The Kier molecular flexibility index (Phi) is 2.91. The molecule has 0 N–H and O–H groups in total. The SMILES string of the molecule is O=S1(=O)CC(S(=O)(=O)c2ccccc2)c2ncccc21. The van der Waals surface area contributed by atoms with Gasteiger partial charge < -0.3 is 0 Å². The molecule has 104 valence electrons. The van der Waals surface area contributed by atoms with Crippen LogP contribution in [0.15, 0.2) is 58.5 Å². The minimum atomic E-state index is -3.76. The number of aromatic nitrogens is 1. The Morgan fingerprint density at radius 1 is 1.05 bits per heavy atom. The van der Waals surface area contributed by atoms with Gasteiger partial charge in [-0.2, -0.15) is 0 Å². The third-order valence-electron chi connectivity index (χ3n) is 3.26. The Balaban J connectivity index is 2.19. The zero-order valence-electron chi connectivity index (χ0n) is 10.3. The second-order valence-electron chi connectivity index (χ2n) is 4.51. The van der Waals surface area contributed by atoms with E-state index >= 15 is 0 Å². The number of pyridine rings is 1. The summed E-state index contributed by atoms with van der Waals surface area (Å²) in [5.41, 5.74) is 0.122. The highest BCUT2D eigenvalue weighted by atomic mass is 32.2. The standard InChI is InChI=1S/C13H11NO4S2/c15-19(16)9-12(13-11(19)7-4-8-14-13)20(17,18)10-5-2-1-3-6-10/h1-8,12H,9H2. The Morgan fingerprint density at radius 3 is 2.45 bits per heavy atom. The van der Waals surface area contributed by atoms with Crippen molar-refractivity contribution < 1.29 is 16.8 Å². The minimum Gasteiger partial charge on any atom is -0.259 e. The van der Waals surface area contributed by atoms with Gasteiger partial charge in [-0.25, -0.2) is 16.8 Å². The number of rotatable bonds is 2. The maximum atomic E-state index is 12.6. The van der Waals surface area contributed by atoms with Gasteiger partial charge in [0.25, 0.3) is 0 Å². The van der Waals surface area contributed by atoms with Crippen LogP contribution in [0, 0.1) is 0 Å². The minimum absolute atomic E-state index is 0.0181. The molecule has 7 heteroatoms. The highest BCUT2D eigenvalue weighted by Gasteiger charge is 2.43. The Labute approximate surface area is 117 Å². The molecule has 0 amide bonds. The summed E-state index contributed by atoms with van der Waals surface area (Å²) in [4.78, 5) is 4.10. The average molecular weight is 309 g/mol. The molecule has 5 nitrogen and oxygen atoms in total. The number of nitrogens with zero attached hydrogens (tertiary/aromatic N) is 1. The first-order valence-corrected chi connectivity index (χ1v) is 9.09. The van der Waals surface area contributed by atoms with E-state index in [9.17, 15) is 16.8 Å². The van der Waals surface area contributed by atoms with Gasteiger partial charge in [-0.05, 0) is 24.3 Å². The first-order chi connectivity index (χ1) is 9.43. The molecular weight excluding hydrogens is 298 g/mol. The fourth-order valence-corrected chi connectivity index (χ4v) is 6.50. The molecule has 0 fully saturated rings. The van der Waals surface area contributed by atoms with E-state index in [0.29, 0.717) is 0 Å². The monoisotopic (exact) mass is 309 g/mol. The van der Waals surface area contributed by atoms with Crippen LogP contribution in [0.3, 0.4) is 0 Å². The van der Waals surface area contributed by atoms with Gasteiger partial charge in [0.1, 0.15) is 5.25 Å². The molecule has 2 heterocycles. The summed E-state index contributed by atoms with van der Waals surface area (Å²) in [7, 11) is -7.35. The van der Waals surface area contributed by atoms with Crippen LogP contribution in [0.5, 0.6) is 0 Å². The summed E-state index contributed by atoms with van der Waals surface area (Å²) < 4.78 is 49.2. The van der Waals surface area contributed by atoms with Crippen LogP contribution in [0.1, 0.15) is 10.9 Å². The maximum Gasteiger partial charge on any atom is 0.187 e. The first-order valence-electron chi connectivity index (χ1n) is 5.89. The topological polar surface area (TPSA) is 81.2 Å². The molecule has 0 aliphatic carbocycles. The van der Waals surface area contributed by atoms with E-state index in [2.05, 4.69) is 4.98 Å². The average Bonchev–Trinajstić information content (AvgIpc) is 2.73. The second-order valence-corrected chi connectivity index (χ2v) is 8.65. The van der Waals surface area contributed by atoms with Gasteiger partial charge >= 0.3 is 0 Å². The van der Waals surface area contributed by atoms with E-state index in [1.807, 2.05) is 0 Å². The van der Waals surface area contributed by atoms with E-state index < -0.39 is 30.7 Å².